The molecule has 1 heterocycles. The lowest BCUT2D eigenvalue weighted by Crippen LogP contribution is -2.17. The van der Waals surface area contributed by atoms with Crippen molar-refractivity contribution in [3.63, 3.8) is 0 Å². The van der Waals surface area contributed by atoms with E-state index in [1.165, 1.54) is 22.4 Å². The van der Waals surface area contributed by atoms with E-state index in [0.717, 1.165) is 6.42 Å². The molecule has 3 nitrogen and oxygen atoms in total. The van der Waals surface area contributed by atoms with E-state index < -0.39 is 0 Å². The zero-order valence-electron chi connectivity index (χ0n) is 10.6. The fourth-order valence-corrected chi connectivity index (χ4v) is 2.02. The molecular formula is C14H19N3. The first-order valence-corrected chi connectivity index (χ1v) is 5.91. The monoisotopic (exact) mass is 229 g/mol. The number of hydrogen-bond acceptors (Lipinski definition) is 2. The molecule has 0 aliphatic rings. The largest absolute Gasteiger partial charge is 0.328 e. The van der Waals surface area contributed by atoms with E-state index in [2.05, 4.69) is 36.3 Å². The molecule has 0 radical (unpaired) electrons. The van der Waals surface area contributed by atoms with Gasteiger partial charge in [-0.3, -0.25) is 4.68 Å². The summed E-state index contributed by atoms with van der Waals surface area (Å²) < 4.78 is 1.90. The van der Waals surface area contributed by atoms with E-state index in [-0.39, 0.29) is 6.04 Å². The van der Waals surface area contributed by atoms with Gasteiger partial charge in [-0.1, -0.05) is 24.3 Å². The van der Waals surface area contributed by atoms with E-state index in [9.17, 15) is 0 Å². The molecule has 0 aliphatic carbocycles. The minimum atomic E-state index is 0.195. The van der Waals surface area contributed by atoms with E-state index in [1.807, 2.05) is 24.9 Å². The summed E-state index contributed by atoms with van der Waals surface area (Å²) in [6.45, 7) is 4.11. The zero-order chi connectivity index (χ0) is 12.4. The summed E-state index contributed by atoms with van der Waals surface area (Å²) in [5, 5.41) is 4.28. The zero-order valence-corrected chi connectivity index (χ0v) is 10.6. The molecule has 0 amide bonds. The van der Waals surface area contributed by atoms with E-state index in [0.29, 0.717) is 0 Å². The third-order valence-corrected chi connectivity index (χ3v) is 3.03. The van der Waals surface area contributed by atoms with Gasteiger partial charge in [0.05, 0.1) is 6.20 Å². The Kier molecular flexibility index (Phi) is 3.29. The second-order valence-electron chi connectivity index (χ2n) is 4.65. The van der Waals surface area contributed by atoms with Gasteiger partial charge in [0.15, 0.2) is 0 Å². The number of benzene rings is 1. The second kappa shape index (κ2) is 4.72. The molecule has 0 spiro atoms. The standard InChI is InChI=1S/C14H19N3/c1-10(15)7-12-5-4-6-13(8-12)14-9-16-17(3)11(14)2/h4-6,8-10H,7,15H2,1-3H3. The molecule has 2 N–H and O–H groups in total. The van der Waals surface area contributed by atoms with Crippen molar-refractivity contribution < 1.29 is 0 Å². The summed E-state index contributed by atoms with van der Waals surface area (Å²) >= 11 is 0. The maximum Gasteiger partial charge on any atom is 0.0571 e. The maximum absolute atomic E-state index is 5.83. The van der Waals surface area contributed by atoms with Gasteiger partial charge in [-0.25, -0.2) is 0 Å². The first-order chi connectivity index (χ1) is 8.08. The molecule has 1 atom stereocenters. The van der Waals surface area contributed by atoms with Crippen LogP contribution < -0.4 is 5.73 Å². The Labute approximate surface area is 102 Å². The molecule has 0 aliphatic heterocycles. The molecule has 0 saturated carbocycles. The summed E-state index contributed by atoms with van der Waals surface area (Å²) in [5.74, 6) is 0. The number of rotatable bonds is 3. The summed E-state index contributed by atoms with van der Waals surface area (Å²) in [7, 11) is 1.96. The highest BCUT2D eigenvalue weighted by molar-refractivity contribution is 5.65. The van der Waals surface area contributed by atoms with Gasteiger partial charge in [0.25, 0.3) is 0 Å². The van der Waals surface area contributed by atoms with Gasteiger partial charge in [-0.15, -0.1) is 0 Å². The first kappa shape index (κ1) is 11.9. The topological polar surface area (TPSA) is 43.8 Å². The van der Waals surface area contributed by atoms with Crippen molar-refractivity contribution in [3.8, 4) is 11.1 Å². The normalized spacial score (nSPS) is 12.7. The highest BCUT2D eigenvalue weighted by Gasteiger charge is 2.07. The number of hydrogen-bond donors (Lipinski definition) is 1. The highest BCUT2D eigenvalue weighted by Crippen LogP contribution is 2.23. The summed E-state index contributed by atoms with van der Waals surface area (Å²) in [4.78, 5) is 0. The van der Waals surface area contributed by atoms with Crippen molar-refractivity contribution in [3.05, 3.63) is 41.7 Å². The molecule has 1 aromatic heterocycles. The van der Waals surface area contributed by atoms with Crippen LogP contribution in [-0.4, -0.2) is 15.8 Å². The predicted octanol–water partition coefficient (Wildman–Crippen LogP) is 2.29. The average Bonchev–Trinajstić information content (AvgIpc) is 2.59. The van der Waals surface area contributed by atoms with Crippen molar-refractivity contribution >= 4 is 0 Å². The lowest BCUT2D eigenvalue weighted by Gasteiger charge is -2.07. The van der Waals surface area contributed by atoms with Gasteiger partial charge >= 0.3 is 0 Å². The number of aromatic nitrogens is 2. The van der Waals surface area contributed by atoms with Gasteiger partial charge in [0, 0.05) is 24.3 Å². The van der Waals surface area contributed by atoms with Gasteiger partial charge in [-0.2, -0.15) is 5.10 Å². The lowest BCUT2D eigenvalue weighted by molar-refractivity contribution is 0.738. The maximum atomic E-state index is 5.83. The van der Waals surface area contributed by atoms with Crippen LogP contribution in [0.5, 0.6) is 0 Å². The highest BCUT2D eigenvalue weighted by atomic mass is 15.3. The molecule has 2 rings (SSSR count). The van der Waals surface area contributed by atoms with Crippen LogP contribution in [0, 0.1) is 6.92 Å². The molecule has 0 saturated heterocycles. The van der Waals surface area contributed by atoms with Crippen LogP contribution in [0.2, 0.25) is 0 Å². The lowest BCUT2D eigenvalue weighted by atomic mass is 10.0. The summed E-state index contributed by atoms with van der Waals surface area (Å²) in [5.41, 5.74) is 10.7. The number of aryl methyl sites for hydroxylation is 1. The van der Waals surface area contributed by atoms with Crippen molar-refractivity contribution in [2.75, 3.05) is 0 Å². The minimum Gasteiger partial charge on any atom is -0.328 e. The Morgan fingerprint density at radius 3 is 2.76 bits per heavy atom. The molecule has 1 unspecified atom stereocenters. The van der Waals surface area contributed by atoms with Gasteiger partial charge in [-0.05, 0) is 31.4 Å². The second-order valence-corrected chi connectivity index (χ2v) is 4.65. The average molecular weight is 229 g/mol. The summed E-state index contributed by atoms with van der Waals surface area (Å²) in [6, 6.07) is 8.72. The quantitative estimate of drug-likeness (QED) is 0.877. The predicted molar refractivity (Wildman–Crippen MR) is 70.7 cm³/mol. The van der Waals surface area contributed by atoms with Crippen molar-refractivity contribution in [2.24, 2.45) is 12.8 Å². The fraction of sp³-hybridized carbons (Fsp3) is 0.357. The summed E-state index contributed by atoms with van der Waals surface area (Å²) in [6.07, 6.45) is 2.83. The Balaban J connectivity index is 2.36. The van der Waals surface area contributed by atoms with Gasteiger partial charge < -0.3 is 5.73 Å². The van der Waals surface area contributed by atoms with Crippen molar-refractivity contribution in [1.82, 2.24) is 9.78 Å². The number of nitrogens with two attached hydrogens (primary N) is 1. The molecule has 17 heavy (non-hydrogen) atoms. The molecular weight excluding hydrogens is 210 g/mol. The molecule has 2 aromatic rings. The Bertz CT molecular complexity index is 512. The molecule has 90 valence electrons. The molecule has 3 heteroatoms. The SMILES string of the molecule is Cc1c(-c2cccc(CC(C)N)c2)cnn1C. The Hall–Kier alpha value is -1.61. The van der Waals surface area contributed by atoms with E-state index >= 15 is 0 Å². The minimum absolute atomic E-state index is 0.195. The Morgan fingerprint density at radius 2 is 2.18 bits per heavy atom. The van der Waals surface area contributed by atoms with Crippen molar-refractivity contribution in [1.29, 1.82) is 0 Å². The number of nitrogens with zero attached hydrogens (tertiary/aromatic N) is 2. The van der Waals surface area contributed by atoms with E-state index in [4.69, 9.17) is 5.73 Å². The molecule has 0 fully saturated rings. The van der Waals surface area contributed by atoms with Crippen LogP contribution in [0.3, 0.4) is 0 Å². The molecule has 1 aromatic carbocycles. The van der Waals surface area contributed by atoms with Gasteiger partial charge in [0.1, 0.15) is 0 Å². The Morgan fingerprint density at radius 1 is 1.41 bits per heavy atom. The molecule has 0 bridgehead atoms. The van der Waals surface area contributed by atoms with Gasteiger partial charge in [0.2, 0.25) is 0 Å². The van der Waals surface area contributed by atoms with Crippen LogP contribution >= 0.6 is 0 Å². The van der Waals surface area contributed by atoms with Crippen LogP contribution in [0.25, 0.3) is 11.1 Å². The van der Waals surface area contributed by atoms with E-state index in [1.54, 1.807) is 0 Å². The van der Waals surface area contributed by atoms with Crippen LogP contribution in [0.15, 0.2) is 30.5 Å². The van der Waals surface area contributed by atoms with Crippen LogP contribution in [-0.2, 0) is 13.5 Å². The van der Waals surface area contributed by atoms with Crippen LogP contribution in [0.1, 0.15) is 18.2 Å². The smallest absolute Gasteiger partial charge is 0.0571 e. The first-order valence-electron chi connectivity index (χ1n) is 5.91. The van der Waals surface area contributed by atoms with Crippen molar-refractivity contribution in [2.45, 2.75) is 26.3 Å². The third kappa shape index (κ3) is 2.56. The fourth-order valence-electron chi connectivity index (χ4n) is 2.02. The van der Waals surface area contributed by atoms with Crippen LogP contribution in [0.4, 0.5) is 0 Å². The third-order valence-electron chi connectivity index (χ3n) is 3.03.